The minimum atomic E-state index is -0.374. The van der Waals surface area contributed by atoms with E-state index >= 15 is 0 Å². The first-order valence-corrected chi connectivity index (χ1v) is 3.76. The third-order valence-corrected chi connectivity index (χ3v) is 1.86. The normalized spacial score (nSPS) is 10.2. The largest absolute Gasteiger partial charge is 0.288 e. The fraction of sp³-hybridized carbons (Fsp3) is 0.111. The maximum absolute atomic E-state index is 12.8. The van der Waals surface area contributed by atoms with Gasteiger partial charge in [-0.15, -0.1) is 0 Å². The molecule has 3 nitrogen and oxygen atoms in total. The van der Waals surface area contributed by atoms with Gasteiger partial charge in [0.15, 0.2) is 0 Å². The molecule has 2 rings (SSSR count). The summed E-state index contributed by atoms with van der Waals surface area (Å²) in [7, 11) is 0. The topological polar surface area (TPSA) is 41.1 Å². The number of hydrogen-bond acceptors (Lipinski definition) is 2. The van der Waals surface area contributed by atoms with Gasteiger partial charge in [-0.1, -0.05) is 0 Å². The van der Waals surface area contributed by atoms with Gasteiger partial charge in [0.2, 0.25) is 0 Å². The number of fused-ring (bicyclic) bond motifs is 1. The van der Waals surface area contributed by atoms with Gasteiger partial charge >= 0.3 is 0 Å². The highest BCUT2D eigenvalue weighted by Gasteiger charge is 2.07. The summed E-state index contributed by atoms with van der Waals surface area (Å²) in [5.74, 6) is -0.374. The molecule has 0 radical (unpaired) electrons. The van der Waals surface area contributed by atoms with Crippen LogP contribution in [0.2, 0.25) is 0 Å². The number of aryl methyl sites for hydroxylation is 1. The lowest BCUT2D eigenvalue weighted by Crippen LogP contribution is -1.89. The number of nitrogens with zero attached hydrogens (tertiary/aromatic N) is 3. The van der Waals surface area contributed by atoms with Crippen LogP contribution in [0.25, 0.3) is 5.65 Å². The standard InChI is InChI=1S/C9H6FN3/c1-6-8(4-11)13-5-7(10)2-3-9(13)12-6/h2-3,5H,1H3. The lowest BCUT2D eigenvalue weighted by atomic mass is 10.4. The first-order chi connectivity index (χ1) is 6.22. The van der Waals surface area contributed by atoms with Gasteiger partial charge < -0.3 is 0 Å². The summed E-state index contributed by atoms with van der Waals surface area (Å²) in [5.41, 5.74) is 1.60. The molecule has 0 bridgehead atoms. The lowest BCUT2D eigenvalue weighted by molar-refractivity contribution is 0.619. The van der Waals surface area contributed by atoms with Gasteiger partial charge in [0.25, 0.3) is 0 Å². The van der Waals surface area contributed by atoms with Gasteiger partial charge in [-0.3, -0.25) is 4.40 Å². The molecule has 2 aromatic rings. The van der Waals surface area contributed by atoms with Crippen molar-refractivity contribution in [3.63, 3.8) is 0 Å². The molecule has 2 heterocycles. The van der Waals surface area contributed by atoms with E-state index in [1.807, 2.05) is 6.07 Å². The molecule has 0 saturated carbocycles. The molecule has 0 amide bonds. The highest BCUT2D eigenvalue weighted by Crippen LogP contribution is 2.11. The minimum absolute atomic E-state index is 0.374. The highest BCUT2D eigenvalue weighted by atomic mass is 19.1. The van der Waals surface area contributed by atoms with Gasteiger partial charge in [0.05, 0.1) is 5.69 Å². The molecule has 0 N–H and O–H groups in total. The summed E-state index contributed by atoms with van der Waals surface area (Å²) >= 11 is 0. The molecule has 13 heavy (non-hydrogen) atoms. The van der Waals surface area contributed by atoms with Crippen LogP contribution in [-0.4, -0.2) is 9.38 Å². The van der Waals surface area contributed by atoms with Crippen molar-refractivity contribution in [2.24, 2.45) is 0 Å². The Kier molecular flexibility index (Phi) is 1.52. The summed E-state index contributed by atoms with van der Waals surface area (Å²) in [5, 5.41) is 8.76. The van der Waals surface area contributed by atoms with Crippen molar-refractivity contribution >= 4 is 5.65 Å². The molecule has 0 aromatic carbocycles. The van der Waals surface area contributed by atoms with Crippen LogP contribution in [0.15, 0.2) is 18.3 Å². The van der Waals surface area contributed by atoms with Gasteiger partial charge in [-0.2, -0.15) is 5.26 Å². The fourth-order valence-electron chi connectivity index (χ4n) is 1.27. The van der Waals surface area contributed by atoms with E-state index in [0.717, 1.165) is 0 Å². The van der Waals surface area contributed by atoms with Gasteiger partial charge in [0.1, 0.15) is 23.2 Å². The minimum Gasteiger partial charge on any atom is -0.288 e. The van der Waals surface area contributed by atoms with Crippen LogP contribution >= 0.6 is 0 Å². The second kappa shape index (κ2) is 2.56. The van der Waals surface area contributed by atoms with E-state index < -0.39 is 0 Å². The van der Waals surface area contributed by atoms with Crippen LogP contribution in [0.4, 0.5) is 4.39 Å². The molecular weight excluding hydrogens is 169 g/mol. The predicted octanol–water partition coefficient (Wildman–Crippen LogP) is 1.65. The molecular formula is C9H6FN3. The van der Waals surface area contributed by atoms with E-state index in [0.29, 0.717) is 17.0 Å². The van der Waals surface area contributed by atoms with Crippen molar-refractivity contribution in [1.29, 1.82) is 5.26 Å². The maximum atomic E-state index is 12.8. The quantitative estimate of drug-likeness (QED) is 0.610. The van der Waals surface area contributed by atoms with Crippen LogP contribution in [-0.2, 0) is 0 Å². The molecule has 0 spiro atoms. The first-order valence-electron chi connectivity index (χ1n) is 3.76. The van der Waals surface area contributed by atoms with Crippen LogP contribution in [0.3, 0.4) is 0 Å². The van der Waals surface area contributed by atoms with Crippen molar-refractivity contribution < 1.29 is 4.39 Å². The molecule has 0 atom stereocenters. The lowest BCUT2D eigenvalue weighted by Gasteiger charge is -1.93. The second-order valence-electron chi connectivity index (χ2n) is 2.73. The zero-order valence-corrected chi connectivity index (χ0v) is 6.95. The number of aromatic nitrogens is 2. The Morgan fingerprint density at radius 3 is 3.00 bits per heavy atom. The molecule has 4 heteroatoms. The van der Waals surface area contributed by atoms with Gasteiger partial charge in [-0.05, 0) is 19.1 Å². The molecule has 0 fully saturated rings. The Hall–Kier alpha value is -1.89. The molecule has 0 aliphatic carbocycles. The summed E-state index contributed by atoms with van der Waals surface area (Å²) in [6.45, 7) is 1.73. The average Bonchev–Trinajstić information content (AvgIpc) is 2.40. The van der Waals surface area contributed by atoms with E-state index in [9.17, 15) is 4.39 Å². The van der Waals surface area contributed by atoms with E-state index in [2.05, 4.69) is 4.98 Å². The molecule has 0 aliphatic rings. The Labute approximate surface area is 74.1 Å². The number of pyridine rings is 1. The number of nitriles is 1. The van der Waals surface area contributed by atoms with Crippen molar-refractivity contribution in [2.45, 2.75) is 6.92 Å². The Morgan fingerprint density at radius 1 is 1.54 bits per heavy atom. The van der Waals surface area contributed by atoms with Crippen molar-refractivity contribution in [1.82, 2.24) is 9.38 Å². The zero-order chi connectivity index (χ0) is 9.42. The molecule has 0 unspecified atom stereocenters. The van der Waals surface area contributed by atoms with Crippen LogP contribution < -0.4 is 0 Å². The number of imidazole rings is 1. The zero-order valence-electron chi connectivity index (χ0n) is 6.95. The second-order valence-corrected chi connectivity index (χ2v) is 2.73. The van der Waals surface area contributed by atoms with Gasteiger partial charge in [0, 0.05) is 6.20 Å². The summed E-state index contributed by atoms with van der Waals surface area (Å²) < 4.78 is 14.3. The Morgan fingerprint density at radius 2 is 2.31 bits per heavy atom. The van der Waals surface area contributed by atoms with Crippen LogP contribution in [0.5, 0.6) is 0 Å². The van der Waals surface area contributed by atoms with Crippen molar-refractivity contribution in [2.75, 3.05) is 0 Å². The third-order valence-electron chi connectivity index (χ3n) is 1.86. The monoisotopic (exact) mass is 175 g/mol. The molecule has 0 aliphatic heterocycles. The Balaban J connectivity index is 2.91. The summed E-state index contributed by atoms with van der Waals surface area (Å²) in [4.78, 5) is 4.10. The van der Waals surface area contributed by atoms with E-state index in [4.69, 9.17) is 5.26 Å². The smallest absolute Gasteiger partial charge is 0.147 e. The SMILES string of the molecule is Cc1nc2ccc(F)cn2c1C#N. The van der Waals surface area contributed by atoms with Crippen LogP contribution in [0.1, 0.15) is 11.4 Å². The van der Waals surface area contributed by atoms with Crippen molar-refractivity contribution in [3.05, 3.63) is 35.5 Å². The van der Waals surface area contributed by atoms with E-state index in [-0.39, 0.29) is 5.82 Å². The molecule has 0 saturated heterocycles. The first kappa shape index (κ1) is 7.74. The summed E-state index contributed by atoms with van der Waals surface area (Å²) in [6.07, 6.45) is 1.26. The van der Waals surface area contributed by atoms with Gasteiger partial charge in [-0.25, -0.2) is 9.37 Å². The third kappa shape index (κ3) is 1.05. The van der Waals surface area contributed by atoms with Crippen molar-refractivity contribution in [3.8, 4) is 6.07 Å². The Bertz CT molecular complexity index is 507. The fourth-order valence-corrected chi connectivity index (χ4v) is 1.27. The predicted molar refractivity (Wildman–Crippen MR) is 44.6 cm³/mol. The number of hydrogen-bond donors (Lipinski definition) is 0. The highest BCUT2D eigenvalue weighted by molar-refractivity contribution is 5.46. The maximum Gasteiger partial charge on any atom is 0.147 e. The molecule has 2 aromatic heterocycles. The number of halogens is 1. The molecule has 64 valence electrons. The van der Waals surface area contributed by atoms with E-state index in [1.54, 1.807) is 13.0 Å². The summed E-state index contributed by atoms with van der Waals surface area (Å²) in [6, 6.07) is 4.85. The average molecular weight is 175 g/mol. The van der Waals surface area contributed by atoms with Crippen LogP contribution in [0, 0.1) is 24.1 Å². The van der Waals surface area contributed by atoms with E-state index in [1.165, 1.54) is 16.7 Å². The number of rotatable bonds is 0.